The Morgan fingerprint density at radius 3 is 2.68 bits per heavy atom. The minimum Gasteiger partial charge on any atom is -0.351 e. The maximum atomic E-state index is 12.5. The molecule has 2 amide bonds. The molecule has 1 saturated heterocycles. The van der Waals surface area contributed by atoms with E-state index >= 15 is 0 Å². The SMILES string of the molecule is Cc1ccc(CCC(=O)N[C@@H]2CC(=O)N([C@H]3C[C@@H]3c3ccccc3)C2)c(C)c1. The minimum atomic E-state index is -0.0591. The molecule has 2 fully saturated rings. The van der Waals surface area contributed by atoms with Gasteiger partial charge in [-0.05, 0) is 43.4 Å². The maximum absolute atomic E-state index is 12.5. The molecule has 2 aromatic carbocycles. The highest BCUT2D eigenvalue weighted by molar-refractivity contribution is 5.83. The predicted octanol–water partition coefficient (Wildman–Crippen LogP) is 3.51. The van der Waals surface area contributed by atoms with E-state index in [9.17, 15) is 9.59 Å². The van der Waals surface area contributed by atoms with Gasteiger partial charge in [-0.2, -0.15) is 0 Å². The topological polar surface area (TPSA) is 49.4 Å². The molecule has 1 aliphatic heterocycles. The fraction of sp³-hybridized carbons (Fsp3) is 0.417. The van der Waals surface area contributed by atoms with Crippen LogP contribution in [0.3, 0.4) is 0 Å². The van der Waals surface area contributed by atoms with Crippen LogP contribution in [0.1, 0.15) is 47.4 Å². The summed E-state index contributed by atoms with van der Waals surface area (Å²) in [6, 6.07) is 17.0. The number of rotatable bonds is 6. The van der Waals surface area contributed by atoms with Crippen molar-refractivity contribution in [1.29, 1.82) is 0 Å². The van der Waals surface area contributed by atoms with Crippen molar-refractivity contribution in [2.45, 2.75) is 57.5 Å². The van der Waals surface area contributed by atoms with Gasteiger partial charge in [-0.25, -0.2) is 0 Å². The Bertz CT molecular complexity index is 877. The number of benzene rings is 2. The van der Waals surface area contributed by atoms with Crippen molar-refractivity contribution in [1.82, 2.24) is 10.2 Å². The van der Waals surface area contributed by atoms with Gasteiger partial charge in [0, 0.05) is 31.3 Å². The van der Waals surface area contributed by atoms with Gasteiger partial charge in [0.05, 0.1) is 6.04 Å². The first-order chi connectivity index (χ1) is 13.5. The summed E-state index contributed by atoms with van der Waals surface area (Å²) in [5.41, 5.74) is 5.00. The zero-order valence-electron chi connectivity index (χ0n) is 16.7. The smallest absolute Gasteiger partial charge is 0.225 e. The second-order valence-corrected chi connectivity index (χ2v) is 8.26. The molecule has 1 N–H and O–H groups in total. The summed E-state index contributed by atoms with van der Waals surface area (Å²) in [6.45, 7) is 4.81. The van der Waals surface area contributed by atoms with Crippen molar-refractivity contribution >= 4 is 11.8 Å². The van der Waals surface area contributed by atoms with Crippen LogP contribution in [0.5, 0.6) is 0 Å². The number of likely N-dealkylation sites (tertiary alicyclic amines) is 1. The van der Waals surface area contributed by atoms with E-state index in [1.165, 1.54) is 22.3 Å². The highest BCUT2D eigenvalue weighted by Crippen LogP contribution is 2.45. The Morgan fingerprint density at radius 1 is 1.14 bits per heavy atom. The Hall–Kier alpha value is -2.62. The standard InChI is InChI=1S/C24H28N2O2/c1-16-8-9-18(17(2)12-16)10-11-23(27)25-20-13-24(28)26(15-20)22-14-21(22)19-6-4-3-5-7-19/h3-9,12,20-22H,10-11,13-15H2,1-2H3,(H,25,27)/t20-,21-,22+/m1/s1. The number of carbonyl (C=O) groups excluding carboxylic acids is 2. The van der Waals surface area contributed by atoms with Crippen LogP contribution in [0.25, 0.3) is 0 Å². The number of amides is 2. The molecule has 1 saturated carbocycles. The van der Waals surface area contributed by atoms with Crippen LogP contribution in [0.15, 0.2) is 48.5 Å². The Morgan fingerprint density at radius 2 is 1.93 bits per heavy atom. The van der Waals surface area contributed by atoms with E-state index in [0.717, 1.165) is 12.8 Å². The largest absolute Gasteiger partial charge is 0.351 e. The summed E-state index contributed by atoms with van der Waals surface area (Å²) >= 11 is 0. The van der Waals surface area contributed by atoms with Gasteiger partial charge in [-0.15, -0.1) is 0 Å². The normalized spacial score (nSPS) is 23.7. The van der Waals surface area contributed by atoms with Crippen molar-refractivity contribution in [3.8, 4) is 0 Å². The summed E-state index contributed by atoms with van der Waals surface area (Å²) in [4.78, 5) is 26.8. The lowest BCUT2D eigenvalue weighted by Crippen LogP contribution is -2.38. The van der Waals surface area contributed by atoms with Gasteiger partial charge in [0.2, 0.25) is 11.8 Å². The van der Waals surface area contributed by atoms with E-state index in [-0.39, 0.29) is 17.9 Å². The van der Waals surface area contributed by atoms with Crippen LogP contribution in [-0.4, -0.2) is 35.3 Å². The first-order valence-corrected chi connectivity index (χ1v) is 10.2. The van der Waals surface area contributed by atoms with Gasteiger partial charge in [-0.3, -0.25) is 9.59 Å². The van der Waals surface area contributed by atoms with Crippen molar-refractivity contribution in [3.05, 3.63) is 70.8 Å². The fourth-order valence-corrected chi connectivity index (χ4v) is 4.41. The minimum absolute atomic E-state index is 0.0371. The van der Waals surface area contributed by atoms with Gasteiger partial charge in [0.15, 0.2) is 0 Å². The Labute approximate surface area is 166 Å². The lowest BCUT2D eigenvalue weighted by molar-refractivity contribution is -0.128. The molecule has 0 unspecified atom stereocenters. The molecule has 146 valence electrons. The number of nitrogens with zero attached hydrogens (tertiary/aromatic N) is 1. The molecular weight excluding hydrogens is 348 g/mol. The molecule has 4 heteroatoms. The van der Waals surface area contributed by atoms with Crippen molar-refractivity contribution in [2.24, 2.45) is 0 Å². The monoisotopic (exact) mass is 376 g/mol. The Kier molecular flexibility index (Phi) is 5.21. The molecule has 0 aromatic heterocycles. The molecule has 0 radical (unpaired) electrons. The van der Waals surface area contributed by atoms with Gasteiger partial charge in [-0.1, -0.05) is 54.1 Å². The molecular formula is C24H28N2O2. The average molecular weight is 377 g/mol. The van der Waals surface area contributed by atoms with Crippen LogP contribution in [0.4, 0.5) is 0 Å². The number of nitrogens with one attached hydrogen (secondary N) is 1. The highest BCUT2D eigenvalue weighted by atomic mass is 16.2. The van der Waals surface area contributed by atoms with Gasteiger partial charge < -0.3 is 10.2 Å². The summed E-state index contributed by atoms with van der Waals surface area (Å²) in [5, 5.41) is 3.08. The molecule has 4 rings (SSSR count). The summed E-state index contributed by atoms with van der Waals surface area (Å²) < 4.78 is 0. The average Bonchev–Trinajstić information content (AvgIpc) is 3.38. The summed E-state index contributed by atoms with van der Waals surface area (Å²) in [6.07, 6.45) is 2.65. The quantitative estimate of drug-likeness (QED) is 0.839. The summed E-state index contributed by atoms with van der Waals surface area (Å²) in [7, 11) is 0. The third-order valence-corrected chi connectivity index (χ3v) is 6.03. The van der Waals surface area contributed by atoms with Gasteiger partial charge >= 0.3 is 0 Å². The number of hydrogen-bond acceptors (Lipinski definition) is 2. The first kappa shape index (κ1) is 18.7. The zero-order valence-corrected chi connectivity index (χ0v) is 16.7. The van der Waals surface area contributed by atoms with Gasteiger partial charge in [0.1, 0.15) is 0 Å². The van der Waals surface area contributed by atoms with Crippen LogP contribution < -0.4 is 5.32 Å². The molecule has 1 aliphatic carbocycles. The maximum Gasteiger partial charge on any atom is 0.225 e. The van der Waals surface area contributed by atoms with Crippen molar-refractivity contribution in [2.75, 3.05) is 6.54 Å². The second kappa shape index (κ2) is 7.78. The van der Waals surface area contributed by atoms with E-state index in [2.05, 4.69) is 61.6 Å². The zero-order chi connectivity index (χ0) is 19.7. The molecule has 28 heavy (non-hydrogen) atoms. The highest BCUT2D eigenvalue weighted by Gasteiger charge is 2.47. The van der Waals surface area contributed by atoms with Crippen LogP contribution in [-0.2, 0) is 16.0 Å². The van der Waals surface area contributed by atoms with Crippen LogP contribution in [0, 0.1) is 13.8 Å². The molecule has 2 aliphatic rings. The molecule has 2 aromatic rings. The molecule has 0 spiro atoms. The molecule has 1 heterocycles. The van der Waals surface area contributed by atoms with E-state index in [4.69, 9.17) is 0 Å². The van der Waals surface area contributed by atoms with E-state index < -0.39 is 0 Å². The van der Waals surface area contributed by atoms with Crippen molar-refractivity contribution in [3.63, 3.8) is 0 Å². The molecule has 3 atom stereocenters. The predicted molar refractivity (Wildman–Crippen MR) is 110 cm³/mol. The Balaban J connectivity index is 1.27. The van der Waals surface area contributed by atoms with Crippen LogP contribution >= 0.6 is 0 Å². The second-order valence-electron chi connectivity index (χ2n) is 8.26. The number of aryl methyl sites for hydroxylation is 3. The van der Waals surface area contributed by atoms with Crippen molar-refractivity contribution < 1.29 is 9.59 Å². The number of hydrogen-bond donors (Lipinski definition) is 1. The van der Waals surface area contributed by atoms with E-state index in [1.807, 2.05) is 11.0 Å². The first-order valence-electron chi connectivity index (χ1n) is 10.2. The third-order valence-electron chi connectivity index (χ3n) is 6.03. The van der Waals surface area contributed by atoms with Gasteiger partial charge in [0.25, 0.3) is 0 Å². The summed E-state index contributed by atoms with van der Waals surface area (Å²) in [5.74, 6) is 0.655. The third kappa shape index (κ3) is 4.11. The lowest BCUT2D eigenvalue weighted by Gasteiger charge is -2.17. The van der Waals surface area contributed by atoms with E-state index in [0.29, 0.717) is 31.3 Å². The molecule has 0 bridgehead atoms. The fourth-order valence-electron chi connectivity index (χ4n) is 4.41. The van der Waals surface area contributed by atoms with Crippen LogP contribution in [0.2, 0.25) is 0 Å². The van der Waals surface area contributed by atoms with E-state index in [1.54, 1.807) is 0 Å². The molecule has 4 nitrogen and oxygen atoms in total. The number of carbonyl (C=O) groups is 2. The lowest BCUT2D eigenvalue weighted by atomic mass is 10.0.